The molecule has 0 heterocycles. The second-order valence-electron chi connectivity index (χ2n) is 4.12. The molecule has 112 valence electrons. The van der Waals surface area contributed by atoms with Crippen LogP contribution in [0.4, 0.5) is 14.5 Å². The second kappa shape index (κ2) is 6.36. The van der Waals surface area contributed by atoms with Crippen molar-refractivity contribution in [3.63, 3.8) is 0 Å². The molecule has 0 unspecified atom stereocenters. The number of benzene rings is 1. The Hall–Kier alpha value is -1.41. The Balaban J connectivity index is 3.17. The standard InChI is InChI=1S/C11H13ClF2N2O3S/c1-16(2)8-4-3-7(5-9(8)20(12,18)19)11(17)15-6-10(13)14/h3-5,10H,6H2,1-2H3,(H,15,17). The predicted molar refractivity (Wildman–Crippen MR) is 72.1 cm³/mol. The molecule has 20 heavy (non-hydrogen) atoms. The van der Waals surface area contributed by atoms with Crippen molar-refractivity contribution in [3.05, 3.63) is 23.8 Å². The number of carbonyl (C=O) groups is 1. The summed E-state index contributed by atoms with van der Waals surface area (Å²) in [5.74, 6) is -0.794. The molecule has 1 N–H and O–H groups in total. The van der Waals surface area contributed by atoms with E-state index in [0.29, 0.717) is 5.69 Å². The molecule has 0 aliphatic carbocycles. The quantitative estimate of drug-likeness (QED) is 0.836. The van der Waals surface area contributed by atoms with E-state index in [0.717, 1.165) is 6.07 Å². The summed E-state index contributed by atoms with van der Waals surface area (Å²) in [5, 5.41) is 1.99. The molecular weight excluding hydrogens is 314 g/mol. The van der Waals surface area contributed by atoms with Gasteiger partial charge in [0.25, 0.3) is 21.4 Å². The van der Waals surface area contributed by atoms with Crippen LogP contribution < -0.4 is 10.2 Å². The van der Waals surface area contributed by atoms with Crippen LogP contribution in [0.2, 0.25) is 0 Å². The highest BCUT2D eigenvalue weighted by molar-refractivity contribution is 8.13. The number of rotatable bonds is 5. The highest BCUT2D eigenvalue weighted by Gasteiger charge is 2.20. The third kappa shape index (κ3) is 4.31. The lowest BCUT2D eigenvalue weighted by atomic mass is 10.2. The number of hydrogen-bond acceptors (Lipinski definition) is 4. The Kier molecular flexibility index (Phi) is 5.29. The first-order valence-electron chi connectivity index (χ1n) is 5.45. The van der Waals surface area contributed by atoms with Crippen LogP contribution in [0.25, 0.3) is 0 Å². The summed E-state index contributed by atoms with van der Waals surface area (Å²) in [6, 6.07) is 3.77. The van der Waals surface area contributed by atoms with Crippen molar-refractivity contribution in [2.45, 2.75) is 11.3 Å². The summed E-state index contributed by atoms with van der Waals surface area (Å²) in [6.07, 6.45) is -2.68. The molecule has 1 rings (SSSR count). The van der Waals surface area contributed by atoms with Gasteiger partial charge in [0.05, 0.1) is 12.2 Å². The van der Waals surface area contributed by atoms with Crippen LogP contribution in [-0.4, -0.2) is 41.4 Å². The summed E-state index contributed by atoms with van der Waals surface area (Å²) in [7, 11) is 4.46. The summed E-state index contributed by atoms with van der Waals surface area (Å²) in [5.41, 5.74) is 0.237. The van der Waals surface area contributed by atoms with Gasteiger partial charge in [-0.15, -0.1) is 0 Å². The Morgan fingerprint density at radius 2 is 2.00 bits per heavy atom. The lowest BCUT2D eigenvalue weighted by Crippen LogP contribution is -2.28. The van der Waals surface area contributed by atoms with E-state index in [1.165, 1.54) is 17.0 Å². The van der Waals surface area contributed by atoms with Crippen molar-refractivity contribution in [2.75, 3.05) is 25.5 Å². The fourth-order valence-electron chi connectivity index (χ4n) is 1.49. The number of nitrogens with one attached hydrogen (secondary N) is 1. The van der Waals surface area contributed by atoms with Crippen LogP contribution in [0.1, 0.15) is 10.4 Å². The molecule has 0 saturated heterocycles. The zero-order valence-corrected chi connectivity index (χ0v) is 12.3. The summed E-state index contributed by atoms with van der Waals surface area (Å²) >= 11 is 0. The molecule has 0 atom stereocenters. The monoisotopic (exact) mass is 326 g/mol. The van der Waals surface area contributed by atoms with E-state index in [2.05, 4.69) is 0 Å². The molecule has 0 radical (unpaired) electrons. The first kappa shape index (κ1) is 16.6. The molecule has 9 heteroatoms. The van der Waals surface area contributed by atoms with Crippen LogP contribution in [0.5, 0.6) is 0 Å². The van der Waals surface area contributed by atoms with Gasteiger partial charge in [0.1, 0.15) is 4.90 Å². The smallest absolute Gasteiger partial charge is 0.263 e. The maximum atomic E-state index is 12.0. The Morgan fingerprint density at radius 3 is 2.45 bits per heavy atom. The molecule has 0 aromatic heterocycles. The maximum absolute atomic E-state index is 12.0. The largest absolute Gasteiger partial charge is 0.377 e. The molecular formula is C11H13ClF2N2O3S. The molecule has 0 aliphatic rings. The zero-order valence-electron chi connectivity index (χ0n) is 10.7. The van der Waals surface area contributed by atoms with Gasteiger partial charge in [0.15, 0.2) is 0 Å². The highest BCUT2D eigenvalue weighted by atomic mass is 35.7. The zero-order chi connectivity index (χ0) is 15.5. The van der Waals surface area contributed by atoms with E-state index >= 15 is 0 Å². The van der Waals surface area contributed by atoms with Crippen molar-refractivity contribution in [1.29, 1.82) is 0 Å². The maximum Gasteiger partial charge on any atom is 0.263 e. The van der Waals surface area contributed by atoms with E-state index in [9.17, 15) is 22.0 Å². The Morgan fingerprint density at radius 1 is 1.40 bits per heavy atom. The molecule has 1 aromatic carbocycles. The minimum atomic E-state index is -4.06. The molecule has 0 fully saturated rings. The minimum absolute atomic E-state index is 0.0597. The van der Waals surface area contributed by atoms with Gasteiger partial charge < -0.3 is 10.2 Å². The van der Waals surface area contributed by atoms with Gasteiger partial charge in [-0.3, -0.25) is 4.79 Å². The third-order valence-corrected chi connectivity index (χ3v) is 3.73. The van der Waals surface area contributed by atoms with Gasteiger partial charge in [0, 0.05) is 30.3 Å². The van der Waals surface area contributed by atoms with Crippen LogP contribution in [0.15, 0.2) is 23.1 Å². The molecule has 0 saturated carbocycles. The average Bonchev–Trinajstić information content (AvgIpc) is 2.33. The molecule has 5 nitrogen and oxygen atoms in total. The molecule has 0 spiro atoms. The van der Waals surface area contributed by atoms with Gasteiger partial charge in [-0.2, -0.15) is 0 Å². The third-order valence-electron chi connectivity index (χ3n) is 2.38. The number of alkyl halides is 2. The number of anilines is 1. The Bertz CT molecular complexity index is 606. The van der Waals surface area contributed by atoms with Crippen molar-refractivity contribution < 1.29 is 22.0 Å². The number of hydrogen-bond donors (Lipinski definition) is 1. The minimum Gasteiger partial charge on any atom is -0.377 e. The van der Waals surface area contributed by atoms with Crippen LogP contribution >= 0.6 is 10.7 Å². The highest BCUT2D eigenvalue weighted by Crippen LogP contribution is 2.27. The second-order valence-corrected chi connectivity index (χ2v) is 6.65. The number of amides is 1. The molecule has 1 amide bonds. The van der Waals surface area contributed by atoms with E-state index in [1.807, 2.05) is 5.32 Å². The van der Waals surface area contributed by atoms with Crippen molar-refractivity contribution in [2.24, 2.45) is 0 Å². The van der Waals surface area contributed by atoms with Gasteiger partial charge in [-0.1, -0.05) is 0 Å². The fraction of sp³-hybridized carbons (Fsp3) is 0.364. The molecule has 0 bridgehead atoms. The number of nitrogens with zero attached hydrogens (tertiary/aromatic N) is 1. The van der Waals surface area contributed by atoms with E-state index in [1.54, 1.807) is 14.1 Å². The summed E-state index contributed by atoms with van der Waals surface area (Å²) in [4.78, 5) is 12.9. The fourth-order valence-corrected chi connectivity index (χ4v) is 2.63. The first-order chi connectivity index (χ1) is 9.12. The van der Waals surface area contributed by atoms with Crippen LogP contribution in [0.3, 0.4) is 0 Å². The van der Waals surface area contributed by atoms with E-state index in [4.69, 9.17) is 10.7 Å². The van der Waals surface area contributed by atoms with Gasteiger partial charge in [0.2, 0.25) is 0 Å². The first-order valence-corrected chi connectivity index (χ1v) is 7.76. The SMILES string of the molecule is CN(C)c1ccc(C(=O)NCC(F)F)cc1S(=O)(=O)Cl. The van der Waals surface area contributed by atoms with Crippen molar-refractivity contribution in [3.8, 4) is 0 Å². The van der Waals surface area contributed by atoms with Crippen molar-refractivity contribution >= 4 is 31.3 Å². The average molecular weight is 327 g/mol. The van der Waals surface area contributed by atoms with E-state index < -0.39 is 27.9 Å². The summed E-state index contributed by atoms with van der Waals surface area (Å²) < 4.78 is 47.0. The number of halogens is 3. The summed E-state index contributed by atoms with van der Waals surface area (Å²) in [6.45, 7) is -0.808. The van der Waals surface area contributed by atoms with Crippen LogP contribution in [-0.2, 0) is 9.05 Å². The lowest BCUT2D eigenvalue weighted by Gasteiger charge is -2.16. The van der Waals surface area contributed by atoms with Gasteiger partial charge in [-0.05, 0) is 18.2 Å². The molecule has 0 aliphatic heterocycles. The van der Waals surface area contributed by atoms with Crippen molar-refractivity contribution in [1.82, 2.24) is 5.32 Å². The van der Waals surface area contributed by atoms with E-state index in [-0.39, 0.29) is 10.5 Å². The predicted octanol–water partition coefficient (Wildman–Crippen LogP) is 1.67. The Labute approximate surface area is 119 Å². The molecule has 1 aromatic rings. The van der Waals surface area contributed by atoms with Gasteiger partial charge >= 0.3 is 0 Å². The van der Waals surface area contributed by atoms with Gasteiger partial charge in [-0.25, -0.2) is 17.2 Å². The topological polar surface area (TPSA) is 66.5 Å². The number of carbonyl (C=O) groups excluding carboxylic acids is 1. The van der Waals surface area contributed by atoms with Crippen LogP contribution in [0, 0.1) is 0 Å². The normalized spacial score (nSPS) is 11.5. The lowest BCUT2D eigenvalue weighted by molar-refractivity contribution is 0.0891.